The Balaban J connectivity index is 1.72. The van der Waals surface area contributed by atoms with Gasteiger partial charge in [-0.15, -0.1) is 0 Å². The van der Waals surface area contributed by atoms with Crippen LogP contribution in [0.25, 0.3) is 0 Å². The number of hydrogen-bond acceptors (Lipinski definition) is 5. The van der Waals surface area contributed by atoms with Gasteiger partial charge in [0.1, 0.15) is 5.69 Å². The molecule has 1 unspecified atom stereocenters. The number of nitrogens with two attached hydrogens (primary N) is 1. The van der Waals surface area contributed by atoms with Crippen molar-refractivity contribution in [2.75, 3.05) is 16.8 Å². The van der Waals surface area contributed by atoms with E-state index in [1.807, 2.05) is 0 Å². The smallest absolute Gasteiger partial charge is 0.191 e. The molecular weight excluding hydrogens is 354 g/mol. The van der Waals surface area contributed by atoms with Gasteiger partial charge in [0.05, 0.1) is 0 Å². The summed E-state index contributed by atoms with van der Waals surface area (Å²) in [7, 11) is 0. The van der Waals surface area contributed by atoms with Crippen molar-refractivity contribution in [2.24, 2.45) is 0 Å². The second-order valence-corrected chi connectivity index (χ2v) is 7.09. The number of benzene rings is 1. The van der Waals surface area contributed by atoms with Crippen LogP contribution in [0, 0.1) is 11.6 Å². The first kappa shape index (κ1) is 17.2. The Morgan fingerprint density at radius 1 is 1.33 bits per heavy atom. The van der Waals surface area contributed by atoms with Crippen molar-refractivity contribution in [3.8, 4) is 0 Å². The van der Waals surface area contributed by atoms with Gasteiger partial charge in [0.25, 0.3) is 0 Å². The molecular formula is C16H17ClF2N4S. The highest BCUT2D eigenvalue weighted by Gasteiger charge is 2.39. The molecule has 0 aliphatic heterocycles. The van der Waals surface area contributed by atoms with E-state index in [4.69, 9.17) is 17.3 Å². The van der Waals surface area contributed by atoms with Crippen LogP contribution in [0.1, 0.15) is 31.2 Å². The van der Waals surface area contributed by atoms with E-state index in [1.54, 1.807) is 6.07 Å². The lowest BCUT2D eigenvalue weighted by atomic mass is 10.1. The molecule has 24 heavy (non-hydrogen) atoms. The van der Waals surface area contributed by atoms with E-state index in [2.05, 4.69) is 22.2 Å². The Morgan fingerprint density at radius 3 is 2.83 bits per heavy atom. The van der Waals surface area contributed by atoms with Gasteiger partial charge in [0.2, 0.25) is 0 Å². The third-order valence-corrected chi connectivity index (χ3v) is 5.14. The highest BCUT2D eigenvalue weighted by molar-refractivity contribution is 7.99. The molecule has 1 heterocycles. The minimum atomic E-state index is -0.840. The molecule has 128 valence electrons. The first-order valence-electron chi connectivity index (χ1n) is 7.67. The zero-order valence-corrected chi connectivity index (χ0v) is 14.6. The fraction of sp³-hybridized carbons (Fsp3) is 0.375. The van der Waals surface area contributed by atoms with Gasteiger partial charge in [0, 0.05) is 17.7 Å². The van der Waals surface area contributed by atoms with Crippen LogP contribution in [0.3, 0.4) is 0 Å². The van der Waals surface area contributed by atoms with E-state index in [0.29, 0.717) is 16.7 Å². The average molecular weight is 371 g/mol. The number of rotatable bonds is 6. The van der Waals surface area contributed by atoms with Crippen molar-refractivity contribution >= 4 is 34.9 Å². The molecule has 1 fully saturated rings. The van der Waals surface area contributed by atoms with E-state index in [-0.39, 0.29) is 17.1 Å². The molecule has 1 aromatic carbocycles. The number of aromatic nitrogens is 2. The minimum Gasteiger partial charge on any atom is -0.393 e. The normalized spacial score (nSPS) is 19.3. The van der Waals surface area contributed by atoms with Crippen molar-refractivity contribution in [2.45, 2.75) is 36.9 Å². The Morgan fingerprint density at radius 2 is 2.12 bits per heavy atom. The number of anilines is 2. The monoisotopic (exact) mass is 370 g/mol. The van der Waals surface area contributed by atoms with Crippen LogP contribution in [0.2, 0.25) is 5.15 Å². The van der Waals surface area contributed by atoms with Gasteiger partial charge in [-0.1, -0.05) is 36.4 Å². The summed E-state index contributed by atoms with van der Waals surface area (Å²) in [5, 5.41) is 4.03. The Bertz CT molecular complexity index is 759. The molecule has 1 saturated carbocycles. The van der Waals surface area contributed by atoms with Crippen LogP contribution >= 0.6 is 23.4 Å². The van der Waals surface area contributed by atoms with Gasteiger partial charge in [0.15, 0.2) is 27.8 Å². The number of halogens is 3. The van der Waals surface area contributed by atoms with Crippen LogP contribution in [-0.2, 0) is 0 Å². The standard InChI is InChI=1S/C16H17ClF2N4S/c1-2-5-24-16-22-14(17)13(20)15(23-16)21-12-7-9(12)8-3-4-10(18)11(19)6-8/h3-4,6,9,12H,2,5,7,20H2,1H3,(H,21,22,23)/t9-,12?/m0/s1. The van der Waals surface area contributed by atoms with E-state index in [1.165, 1.54) is 17.8 Å². The summed E-state index contributed by atoms with van der Waals surface area (Å²) in [5.41, 5.74) is 7.00. The third kappa shape index (κ3) is 3.72. The van der Waals surface area contributed by atoms with Crippen molar-refractivity contribution in [3.05, 3.63) is 40.6 Å². The fourth-order valence-corrected chi connectivity index (χ4v) is 3.35. The Hall–Kier alpha value is -1.60. The molecule has 0 bridgehead atoms. The van der Waals surface area contributed by atoms with Gasteiger partial charge in [-0.3, -0.25) is 0 Å². The highest BCUT2D eigenvalue weighted by Crippen LogP contribution is 2.44. The van der Waals surface area contributed by atoms with Gasteiger partial charge in [-0.05, 0) is 30.5 Å². The number of thioether (sulfide) groups is 1. The van der Waals surface area contributed by atoms with Crippen LogP contribution in [0.5, 0.6) is 0 Å². The van der Waals surface area contributed by atoms with Crippen LogP contribution in [0.15, 0.2) is 23.4 Å². The molecule has 0 amide bonds. The number of nitrogens with one attached hydrogen (secondary N) is 1. The number of hydrogen-bond donors (Lipinski definition) is 2. The van der Waals surface area contributed by atoms with Gasteiger partial charge in [-0.2, -0.15) is 0 Å². The van der Waals surface area contributed by atoms with Crippen LogP contribution in [0.4, 0.5) is 20.3 Å². The van der Waals surface area contributed by atoms with Crippen molar-refractivity contribution < 1.29 is 8.78 Å². The molecule has 4 nitrogen and oxygen atoms in total. The maximum Gasteiger partial charge on any atom is 0.191 e. The predicted molar refractivity (Wildman–Crippen MR) is 93.6 cm³/mol. The Labute approximate surface area is 148 Å². The molecule has 3 rings (SSSR count). The van der Waals surface area contributed by atoms with Crippen molar-refractivity contribution in [1.29, 1.82) is 0 Å². The SMILES string of the molecule is CCCSc1nc(Cl)c(N)c(NC2C[C@H]2c2ccc(F)c(F)c2)n1. The lowest BCUT2D eigenvalue weighted by Crippen LogP contribution is -2.10. The van der Waals surface area contributed by atoms with Crippen LogP contribution < -0.4 is 11.1 Å². The van der Waals surface area contributed by atoms with E-state index in [0.717, 1.165) is 30.2 Å². The zero-order valence-electron chi connectivity index (χ0n) is 13.0. The van der Waals surface area contributed by atoms with Crippen molar-refractivity contribution in [1.82, 2.24) is 9.97 Å². The summed E-state index contributed by atoms with van der Waals surface area (Å²) in [6.45, 7) is 2.07. The summed E-state index contributed by atoms with van der Waals surface area (Å²) >= 11 is 7.58. The van der Waals surface area contributed by atoms with E-state index < -0.39 is 11.6 Å². The number of nitrogens with zero attached hydrogens (tertiary/aromatic N) is 2. The molecule has 0 saturated heterocycles. The third-order valence-electron chi connectivity index (χ3n) is 3.80. The Kier molecular flexibility index (Phi) is 5.10. The largest absolute Gasteiger partial charge is 0.393 e. The minimum absolute atomic E-state index is 0.0622. The maximum absolute atomic E-state index is 13.4. The predicted octanol–water partition coefficient (Wildman–Crippen LogP) is 4.46. The summed E-state index contributed by atoms with van der Waals surface area (Å²) in [4.78, 5) is 8.57. The van der Waals surface area contributed by atoms with Gasteiger partial charge in [-0.25, -0.2) is 18.7 Å². The average Bonchev–Trinajstić information content (AvgIpc) is 3.31. The van der Waals surface area contributed by atoms with Gasteiger partial charge < -0.3 is 11.1 Å². The molecule has 1 aliphatic rings. The zero-order chi connectivity index (χ0) is 17.3. The topological polar surface area (TPSA) is 63.8 Å². The first-order valence-corrected chi connectivity index (χ1v) is 9.03. The first-order chi connectivity index (χ1) is 11.5. The quantitative estimate of drug-likeness (QED) is 0.446. The fourth-order valence-electron chi connectivity index (χ4n) is 2.43. The molecule has 1 aromatic heterocycles. The molecule has 8 heteroatoms. The lowest BCUT2D eigenvalue weighted by molar-refractivity contribution is 0.507. The van der Waals surface area contributed by atoms with Gasteiger partial charge >= 0.3 is 0 Å². The lowest BCUT2D eigenvalue weighted by Gasteiger charge is -2.11. The van der Waals surface area contributed by atoms with Crippen molar-refractivity contribution in [3.63, 3.8) is 0 Å². The summed E-state index contributed by atoms with van der Waals surface area (Å²) in [6, 6.07) is 4.05. The molecule has 0 spiro atoms. The summed E-state index contributed by atoms with van der Waals surface area (Å²) in [5.74, 6) is -0.196. The highest BCUT2D eigenvalue weighted by atomic mass is 35.5. The van der Waals surface area contributed by atoms with Crippen LogP contribution in [-0.4, -0.2) is 21.8 Å². The second kappa shape index (κ2) is 7.11. The molecule has 0 radical (unpaired) electrons. The maximum atomic E-state index is 13.4. The molecule has 2 aromatic rings. The molecule has 2 atom stereocenters. The second-order valence-electron chi connectivity index (χ2n) is 5.67. The molecule has 1 aliphatic carbocycles. The molecule has 3 N–H and O–H groups in total. The summed E-state index contributed by atoms with van der Waals surface area (Å²) in [6.07, 6.45) is 1.79. The van der Waals surface area contributed by atoms with E-state index in [9.17, 15) is 8.78 Å². The van der Waals surface area contributed by atoms with E-state index >= 15 is 0 Å². The number of nitrogen functional groups attached to an aromatic ring is 1. The summed E-state index contributed by atoms with van der Waals surface area (Å²) < 4.78 is 26.4.